The van der Waals surface area contributed by atoms with Crippen molar-refractivity contribution in [1.82, 2.24) is 0 Å². The molecule has 2 rings (SSSR count). The van der Waals surface area contributed by atoms with Crippen LogP contribution in [0.1, 0.15) is 51.4 Å². The number of rotatable bonds is 6. The molecule has 4 nitrogen and oxygen atoms in total. The van der Waals surface area contributed by atoms with Gasteiger partial charge in [-0.2, -0.15) is 0 Å². The Kier molecular flexibility index (Phi) is 6.67. The molecule has 0 amide bonds. The minimum Gasteiger partial charge on any atom is -0.308 e. The summed E-state index contributed by atoms with van der Waals surface area (Å²) in [5.41, 5.74) is 4.52. The lowest BCUT2D eigenvalue weighted by atomic mass is 9.86. The van der Waals surface area contributed by atoms with E-state index in [0.29, 0.717) is 11.8 Å². The first-order valence-corrected chi connectivity index (χ1v) is 11.2. The van der Waals surface area contributed by atoms with Crippen molar-refractivity contribution in [1.29, 1.82) is 0 Å². The van der Waals surface area contributed by atoms with Gasteiger partial charge in [-0.1, -0.05) is 31.4 Å². The smallest absolute Gasteiger partial charge is 0.308 e. The maximum Gasteiger partial charge on any atom is 0.377 e. The molecule has 6 heteroatoms. The van der Waals surface area contributed by atoms with Crippen LogP contribution in [0.4, 0.5) is 0 Å². The van der Waals surface area contributed by atoms with Gasteiger partial charge >= 0.3 is 7.60 Å². The molecule has 0 heterocycles. The van der Waals surface area contributed by atoms with Crippen LogP contribution in [0.15, 0.2) is 16.0 Å². The molecule has 1 atom stereocenters. The van der Waals surface area contributed by atoms with Crippen LogP contribution in [0.25, 0.3) is 0 Å². The molecule has 0 radical (unpaired) electrons. The summed E-state index contributed by atoms with van der Waals surface area (Å²) in [5.74, 6) is 0.979. The molecule has 2 fully saturated rings. The summed E-state index contributed by atoms with van der Waals surface area (Å²) in [6.07, 6.45) is 11.1. The molecule has 0 bridgehead atoms. The van der Waals surface area contributed by atoms with Gasteiger partial charge in [0.1, 0.15) is 0 Å². The predicted octanol–water partition coefficient (Wildman–Crippen LogP) is 4.60. The fourth-order valence-electron chi connectivity index (χ4n) is 3.67. The van der Waals surface area contributed by atoms with Gasteiger partial charge in [0, 0.05) is 20.5 Å². The van der Waals surface area contributed by atoms with E-state index in [-0.39, 0.29) is 4.65 Å². The van der Waals surface area contributed by atoms with Crippen molar-refractivity contribution in [2.24, 2.45) is 11.8 Å². The van der Waals surface area contributed by atoms with Crippen molar-refractivity contribution in [3.05, 3.63) is 16.0 Å². The molecule has 0 aromatic carbocycles. The van der Waals surface area contributed by atoms with E-state index >= 15 is 0 Å². The highest BCUT2D eigenvalue weighted by atomic mass is 32.2. The zero-order chi connectivity index (χ0) is 16.2. The second kappa shape index (κ2) is 8.08. The molecule has 0 aliphatic heterocycles. The normalized spacial score (nSPS) is 21.8. The van der Waals surface area contributed by atoms with Gasteiger partial charge in [-0.25, -0.2) is 0 Å². The highest BCUT2D eigenvalue weighted by Gasteiger charge is 2.33. The van der Waals surface area contributed by atoms with Gasteiger partial charge < -0.3 is 9.05 Å². The Morgan fingerprint density at radius 3 is 1.73 bits per heavy atom. The topological polar surface area (TPSA) is 52.6 Å². The third-order valence-electron chi connectivity index (χ3n) is 4.84. The quantitative estimate of drug-likeness (QED) is 0.521. The molecule has 2 aliphatic carbocycles. The van der Waals surface area contributed by atoms with E-state index in [9.17, 15) is 8.77 Å². The fraction of sp³-hybridized carbons (Fsp3) is 0.812. The summed E-state index contributed by atoms with van der Waals surface area (Å²) in [7, 11) is -2.25. The summed E-state index contributed by atoms with van der Waals surface area (Å²) < 4.78 is 35.2. The van der Waals surface area contributed by atoms with Crippen LogP contribution < -0.4 is 0 Å². The van der Waals surface area contributed by atoms with Crippen molar-refractivity contribution in [2.45, 2.75) is 51.4 Å². The minimum atomic E-state index is -3.50. The van der Waals surface area contributed by atoms with Gasteiger partial charge in [0.05, 0.1) is 10.8 Å². The first-order chi connectivity index (χ1) is 10.5. The third kappa shape index (κ3) is 4.01. The molecule has 22 heavy (non-hydrogen) atoms. The first-order valence-electron chi connectivity index (χ1n) is 8.08. The number of allylic oxidation sites excluding steroid dienone is 1. The summed E-state index contributed by atoms with van der Waals surface area (Å²) in [6, 6.07) is 0. The largest absolute Gasteiger partial charge is 0.377 e. The van der Waals surface area contributed by atoms with Crippen molar-refractivity contribution in [3.63, 3.8) is 0 Å². The molecule has 0 saturated heterocycles. The predicted molar refractivity (Wildman–Crippen MR) is 90.1 cm³/mol. The van der Waals surface area contributed by atoms with Crippen molar-refractivity contribution >= 4 is 18.4 Å². The van der Waals surface area contributed by atoms with E-state index < -0.39 is 18.4 Å². The molecule has 2 saturated carbocycles. The number of hydrogen-bond acceptors (Lipinski definition) is 4. The molecule has 1 unspecified atom stereocenters. The molecule has 0 N–H and O–H groups in total. The fourth-order valence-corrected chi connectivity index (χ4v) is 6.39. The molecule has 126 valence electrons. The van der Waals surface area contributed by atoms with Crippen LogP contribution in [0.5, 0.6) is 0 Å². The lowest BCUT2D eigenvalue weighted by Crippen LogP contribution is -2.08. The van der Waals surface area contributed by atoms with Crippen LogP contribution in [-0.2, 0) is 24.4 Å². The van der Waals surface area contributed by atoms with Crippen LogP contribution in [-0.4, -0.2) is 24.7 Å². The van der Waals surface area contributed by atoms with Crippen LogP contribution in [0, 0.1) is 11.8 Å². The van der Waals surface area contributed by atoms with E-state index in [1.54, 1.807) is 0 Å². The maximum atomic E-state index is 12.7. The van der Waals surface area contributed by atoms with E-state index in [0.717, 1.165) is 25.7 Å². The highest BCUT2D eigenvalue weighted by Crippen LogP contribution is 2.56. The summed E-state index contributed by atoms with van der Waals surface area (Å²) in [6.45, 7) is 0. The SMILES string of the molecule is COP(=O)(OC)C(=C=C(C1CCCC1)C1CCCC1)S(C)=O. The Morgan fingerprint density at radius 2 is 1.41 bits per heavy atom. The lowest BCUT2D eigenvalue weighted by Gasteiger charge is -2.20. The van der Waals surface area contributed by atoms with Crippen molar-refractivity contribution in [3.8, 4) is 0 Å². The first kappa shape index (κ1) is 18.2. The summed E-state index contributed by atoms with van der Waals surface area (Å²) in [5, 5.41) is 0. The van der Waals surface area contributed by atoms with Gasteiger partial charge in [-0.3, -0.25) is 8.77 Å². The monoisotopic (exact) mass is 346 g/mol. The van der Waals surface area contributed by atoms with E-state index in [1.807, 2.05) is 0 Å². The zero-order valence-electron chi connectivity index (χ0n) is 13.8. The van der Waals surface area contributed by atoms with Gasteiger partial charge in [0.25, 0.3) is 0 Å². The van der Waals surface area contributed by atoms with Gasteiger partial charge in [0.2, 0.25) is 0 Å². The van der Waals surface area contributed by atoms with Crippen molar-refractivity contribution in [2.75, 3.05) is 20.5 Å². The molecular formula is C16H27O4PS. The van der Waals surface area contributed by atoms with E-state index in [2.05, 4.69) is 5.73 Å². The third-order valence-corrected chi connectivity index (χ3v) is 8.50. The Balaban J connectivity index is 2.54. The summed E-state index contributed by atoms with van der Waals surface area (Å²) in [4.78, 5) is 0. The van der Waals surface area contributed by atoms with Crippen LogP contribution >= 0.6 is 7.60 Å². The average Bonchev–Trinajstić information content (AvgIpc) is 3.20. The van der Waals surface area contributed by atoms with Crippen LogP contribution in [0.2, 0.25) is 0 Å². The van der Waals surface area contributed by atoms with E-state index in [4.69, 9.17) is 9.05 Å². The lowest BCUT2D eigenvalue weighted by molar-refractivity contribution is 0.285. The minimum absolute atomic E-state index is 0.200. The van der Waals surface area contributed by atoms with Crippen LogP contribution in [0.3, 0.4) is 0 Å². The standard InChI is InChI=1S/C16H27O4PS/c1-19-21(17,20-2)16(22(3)18)12-15(13-8-4-5-9-13)14-10-6-7-11-14/h13-14H,4-11H2,1-3H3. The molecule has 0 aromatic heterocycles. The average molecular weight is 346 g/mol. The van der Waals surface area contributed by atoms with Gasteiger partial charge in [-0.05, 0) is 43.1 Å². The van der Waals surface area contributed by atoms with Crippen molar-refractivity contribution < 1.29 is 17.8 Å². The van der Waals surface area contributed by atoms with E-state index in [1.165, 1.54) is 51.7 Å². The number of hydrogen-bond donors (Lipinski definition) is 0. The van der Waals surface area contributed by atoms with Gasteiger partial charge in [-0.15, -0.1) is 0 Å². The summed E-state index contributed by atoms with van der Waals surface area (Å²) >= 11 is 0. The maximum absolute atomic E-state index is 12.7. The second-order valence-electron chi connectivity index (χ2n) is 6.16. The molecule has 2 aliphatic rings. The zero-order valence-corrected chi connectivity index (χ0v) is 15.5. The molecule has 0 spiro atoms. The Labute approximate surface area is 136 Å². The molecule has 0 aromatic rings. The molecular weight excluding hydrogens is 319 g/mol. The van der Waals surface area contributed by atoms with Gasteiger partial charge in [0.15, 0.2) is 4.65 Å². The Bertz CT molecular complexity index is 498. The highest BCUT2D eigenvalue weighted by molar-refractivity contribution is 7.97. The Hall–Kier alpha value is -0.180. The second-order valence-corrected chi connectivity index (χ2v) is 9.96. The Morgan fingerprint density at radius 1 is 1.00 bits per heavy atom.